The Hall–Kier alpha value is -3.81. The summed E-state index contributed by atoms with van der Waals surface area (Å²) >= 11 is 0. The lowest BCUT2D eigenvalue weighted by Crippen LogP contribution is -2.26. The monoisotopic (exact) mass is 491 g/mol. The number of nitrogens with zero attached hydrogens (tertiary/aromatic N) is 1. The van der Waals surface area contributed by atoms with E-state index in [0.29, 0.717) is 17.2 Å². The largest absolute Gasteiger partial charge is 0.495 e. The maximum Gasteiger partial charge on any atom is 0.305 e. The Kier molecular flexibility index (Phi) is 8.25. The summed E-state index contributed by atoms with van der Waals surface area (Å²) < 4.78 is 11.4. The first-order valence-electron chi connectivity index (χ1n) is 12.4. The van der Waals surface area contributed by atoms with Crippen LogP contribution in [0.2, 0.25) is 0 Å². The first-order valence-corrected chi connectivity index (χ1v) is 12.4. The second-order valence-corrected chi connectivity index (χ2v) is 9.20. The maximum absolute atomic E-state index is 12.3. The van der Waals surface area contributed by atoms with Crippen LogP contribution in [0.15, 0.2) is 53.1 Å². The predicted octanol–water partition coefficient (Wildman–Crippen LogP) is 5.60. The van der Waals surface area contributed by atoms with Gasteiger partial charge in [-0.2, -0.15) is 0 Å². The van der Waals surface area contributed by atoms with Crippen molar-refractivity contribution in [2.24, 2.45) is 5.92 Å². The fourth-order valence-electron chi connectivity index (χ4n) is 4.78. The van der Waals surface area contributed by atoms with E-state index < -0.39 is 5.97 Å². The van der Waals surface area contributed by atoms with Crippen LogP contribution in [0.1, 0.15) is 66.2 Å². The molecular weight excluding hydrogens is 458 g/mol. The maximum atomic E-state index is 12.3. The highest BCUT2D eigenvalue weighted by Crippen LogP contribution is 2.40. The van der Waals surface area contributed by atoms with Crippen molar-refractivity contribution in [1.29, 1.82) is 0 Å². The number of methoxy groups -OCH3 is 1. The van der Waals surface area contributed by atoms with Crippen LogP contribution in [0, 0.1) is 12.8 Å². The second-order valence-electron chi connectivity index (χ2n) is 9.20. The Morgan fingerprint density at radius 1 is 1.14 bits per heavy atom. The number of rotatable bonds is 10. The number of carbonyl (C=O) groups excluding carboxylic acids is 1. The van der Waals surface area contributed by atoms with Gasteiger partial charge >= 0.3 is 5.97 Å². The van der Waals surface area contributed by atoms with Crippen molar-refractivity contribution in [3.05, 3.63) is 65.5 Å². The lowest BCUT2D eigenvalue weighted by atomic mass is 9.81. The minimum atomic E-state index is -0.941. The third-order valence-electron chi connectivity index (χ3n) is 6.73. The van der Waals surface area contributed by atoms with Crippen molar-refractivity contribution in [2.75, 3.05) is 19.0 Å². The number of hydrogen-bond acceptors (Lipinski definition) is 6. The smallest absolute Gasteiger partial charge is 0.305 e. The van der Waals surface area contributed by atoms with Crippen LogP contribution in [0.5, 0.6) is 5.75 Å². The summed E-state index contributed by atoms with van der Waals surface area (Å²) in [6.07, 6.45) is 7.55. The standard InChI is InChI=1S/C28H33N3O5/c1-18-23(16-25(36-18)24-13-12-22(35-2)17-30-24)27(19-6-4-3-5-7-19)31-21-10-8-20(9-11-21)28(34)29-15-14-26(32)33/h8-13,16-17,19,27,31H,3-7,14-15H2,1-2H3,(H,29,34)(H,32,33). The van der Waals surface area contributed by atoms with Gasteiger partial charge in [-0.1, -0.05) is 19.3 Å². The molecule has 0 spiro atoms. The van der Waals surface area contributed by atoms with Gasteiger partial charge in [-0.05, 0) is 68.1 Å². The number of carboxylic acids is 1. The van der Waals surface area contributed by atoms with E-state index in [1.807, 2.05) is 31.2 Å². The summed E-state index contributed by atoms with van der Waals surface area (Å²) in [5.41, 5.74) is 3.28. The molecule has 3 aromatic rings. The summed E-state index contributed by atoms with van der Waals surface area (Å²) in [6.45, 7) is 2.09. The minimum Gasteiger partial charge on any atom is -0.495 e. The molecule has 4 rings (SSSR count). The zero-order valence-corrected chi connectivity index (χ0v) is 20.8. The van der Waals surface area contributed by atoms with Crippen LogP contribution in [-0.4, -0.2) is 35.6 Å². The van der Waals surface area contributed by atoms with Crippen molar-refractivity contribution in [3.8, 4) is 17.2 Å². The average Bonchev–Trinajstić information content (AvgIpc) is 3.29. The van der Waals surface area contributed by atoms with Crippen molar-refractivity contribution in [3.63, 3.8) is 0 Å². The number of furan rings is 1. The molecule has 1 amide bonds. The van der Waals surface area contributed by atoms with Gasteiger partial charge in [0.1, 0.15) is 17.2 Å². The Balaban J connectivity index is 1.53. The summed E-state index contributed by atoms with van der Waals surface area (Å²) in [5.74, 6) is 1.52. The van der Waals surface area contributed by atoms with Crippen molar-refractivity contribution in [1.82, 2.24) is 10.3 Å². The van der Waals surface area contributed by atoms with Gasteiger partial charge in [-0.25, -0.2) is 4.98 Å². The lowest BCUT2D eigenvalue weighted by Gasteiger charge is -2.31. The number of amides is 1. The molecule has 0 saturated heterocycles. The molecule has 2 heterocycles. The van der Waals surface area contributed by atoms with Crippen LogP contribution >= 0.6 is 0 Å². The van der Waals surface area contributed by atoms with E-state index in [1.54, 1.807) is 25.4 Å². The van der Waals surface area contributed by atoms with Crippen LogP contribution in [0.25, 0.3) is 11.5 Å². The Labute approximate surface area is 211 Å². The van der Waals surface area contributed by atoms with Gasteiger partial charge in [0.25, 0.3) is 5.91 Å². The van der Waals surface area contributed by atoms with Gasteiger partial charge in [-0.3, -0.25) is 9.59 Å². The van der Waals surface area contributed by atoms with Gasteiger partial charge in [0, 0.05) is 23.4 Å². The third-order valence-corrected chi connectivity index (χ3v) is 6.73. The zero-order chi connectivity index (χ0) is 25.5. The van der Waals surface area contributed by atoms with Gasteiger partial charge in [0.2, 0.25) is 0 Å². The van der Waals surface area contributed by atoms with E-state index in [2.05, 4.69) is 21.7 Å². The van der Waals surface area contributed by atoms with Crippen LogP contribution < -0.4 is 15.4 Å². The zero-order valence-electron chi connectivity index (χ0n) is 20.8. The number of pyridine rings is 1. The summed E-state index contributed by atoms with van der Waals surface area (Å²) in [6, 6.07) is 13.2. The Morgan fingerprint density at radius 2 is 1.89 bits per heavy atom. The predicted molar refractivity (Wildman–Crippen MR) is 137 cm³/mol. The van der Waals surface area contributed by atoms with Gasteiger partial charge < -0.3 is 24.9 Å². The molecule has 2 aromatic heterocycles. The van der Waals surface area contributed by atoms with E-state index in [1.165, 1.54) is 19.3 Å². The molecule has 1 saturated carbocycles. The number of ether oxygens (including phenoxy) is 1. The highest BCUT2D eigenvalue weighted by Gasteiger charge is 2.28. The van der Waals surface area contributed by atoms with E-state index in [4.69, 9.17) is 14.3 Å². The van der Waals surface area contributed by atoms with Gasteiger partial charge in [-0.15, -0.1) is 0 Å². The van der Waals surface area contributed by atoms with E-state index in [0.717, 1.165) is 41.3 Å². The number of anilines is 1. The summed E-state index contributed by atoms with van der Waals surface area (Å²) in [5, 5.41) is 15.1. The molecule has 36 heavy (non-hydrogen) atoms. The molecule has 0 bridgehead atoms. The van der Waals surface area contributed by atoms with E-state index >= 15 is 0 Å². The first-order chi connectivity index (χ1) is 17.4. The first kappa shape index (κ1) is 25.3. The number of aliphatic carboxylic acids is 1. The fraction of sp³-hybridized carbons (Fsp3) is 0.393. The molecule has 3 N–H and O–H groups in total. The molecule has 1 atom stereocenters. The molecule has 1 aliphatic carbocycles. The highest BCUT2D eigenvalue weighted by atomic mass is 16.5. The lowest BCUT2D eigenvalue weighted by molar-refractivity contribution is -0.136. The molecule has 0 radical (unpaired) electrons. The number of nitrogens with one attached hydrogen (secondary N) is 2. The highest BCUT2D eigenvalue weighted by molar-refractivity contribution is 5.94. The molecule has 190 valence electrons. The van der Waals surface area contributed by atoms with Crippen LogP contribution in [-0.2, 0) is 4.79 Å². The molecule has 1 aromatic carbocycles. The Bertz CT molecular complexity index is 1160. The van der Waals surface area contributed by atoms with Crippen LogP contribution in [0.4, 0.5) is 5.69 Å². The van der Waals surface area contributed by atoms with Crippen molar-refractivity contribution in [2.45, 2.75) is 51.5 Å². The minimum absolute atomic E-state index is 0.0660. The molecular formula is C28H33N3O5. The number of benzene rings is 1. The summed E-state index contributed by atoms with van der Waals surface area (Å²) in [7, 11) is 1.62. The SMILES string of the molecule is COc1ccc(-c2cc(C(Nc3ccc(C(=O)NCCC(=O)O)cc3)C3CCCCC3)c(C)o2)nc1. The fourth-order valence-corrected chi connectivity index (χ4v) is 4.78. The van der Waals surface area contributed by atoms with Gasteiger partial charge in [0.15, 0.2) is 5.76 Å². The molecule has 0 aliphatic heterocycles. The topological polar surface area (TPSA) is 114 Å². The third kappa shape index (κ3) is 6.24. The number of carbonyl (C=O) groups is 2. The molecule has 1 fully saturated rings. The number of carboxylic acid groups (broad SMARTS) is 1. The molecule has 1 aliphatic rings. The quantitative estimate of drug-likeness (QED) is 0.338. The van der Waals surface area contributed by atoms with E-state index in [-0.39, 0.29) is 24.9 Å². The molecule has 8 heteroatoms. The van der Waals surface area contributed by atoms with Crippen molar-refractivity contribution >= 4 is 17.6 Å². The number of aromatic nitrogens is 1. The molecule has 1 unspecified atom stereocenters. The van der Waals surface area contributed by atoms with Crippen molar-refractivity contribution < 1.29 is 23.8 Å². The van der Waals surface area contributed by atoms with E-state index in [9.17, 15) is 9.59 Å². The van der Waals surface area contributed by atoms with Gasteiger partial charge in [0.05, 0.1) is 25.8 Å². The number of hydrogen-bond donors (Lipinski definition) is 3. The van der Waals surface area contributed by atoms with Crippen LogP contribution in [0.3, 0.4) is 0 Å². The Morgan fingerprint density at radius 3 is 2.53 bits per heavy atom. The second kappa shape index (κ2) is 11.7. The normalized spacial score (nSPS) is 14.7. The number of aryl methyl sites for hydroxylation is 1. The summed E-state index contributed by atoms with van der Waals surface area (Å²) in [4.78, 5) is 27.4. The average molecular weight is 492 g/mol. The molecule has 8 nitrogen and oxygen atoms in total.